The molecule has 1 heterocycles. The Bertz CT molecular complexity index is 748. The van der Waals surface area contributed by atoms with E-state index in [1.807, 2.05) is 30.3 Å². The molecule has 3 rings (SSSR count). The Hall–Kier alpha value is -1.87. The minimum atomic E-state index is -0.138. The largest absolute Gasteiger partial charge is 0.370 e. The van der Waals surface area contributed by atoms with Crippen molar-refractivity contribution in [2.75, 3.05) is 50.7 Å². The fourth-order valence-electron chi connectivity index (χ4n) is 3.45. The zero-order valence-electron chi connectivity index (χ0n) is 16.8. The van der Waals surface area contributed by atoms with E-state index in [1.165, 1.54) is 11.6 Å². The summed E-state index contributed by atoms with van der Waals surface area (Å²) in [6, 6.07) is 17.3. The number of guanidine groups is 1. The van der Waals surface area contributed by atoms with Gasteiger partial charge in [-0.1, -0.05) is 42.5 Å². The van der Waals surface area contributed by atoms with Crippen molar-refractivity contribution in [3.63, 3.8) is 0 Å². The maximum Gasteiger partial charge on any atom is 0.188 e. The highest BCUT2D eigenvalue weighted by Crippen LogP contribution is 2.20. The average Bonchev–Trinajstić information content (AvgIpc) is 2.73. The molecule has 158 valence electrons. The van der Waals surface area contributed by atoms with Crippen LogP contribution >= 0.6 is 24.0 Å². The van der Waals surface area contributed by atoms with Crippen LogP contribution in [0.4, 0.5) is 10.1 Å². The second kappa shape index (κ2) is 12.6. The molecule has 1 aliphatic heterocycles. The van der Waals surface area contributed by atoms with Crippen LogP contribution < -0.4 is 16.0 Å². The number of aliphatic imine (C=N–C) groups is 1. The van der Waals surface area contributed by atoms with Gasteiger partial charge in [0.25, 0.3) is 0 Å². The third-order valence-electron chi connectivity index (χ3n) is 5.04. The van der Waals surface area contributed by atoms with Crippen molar-refractivity contribution >= 4 is 35.6 Å². The van der Waals surface area contributed by atoms with Crippen LogP contribution in [0.5, 0.6) is 0 Å². The van der Waals surface area contributed by atoms with Crippen molar-refractivity contribution in [3.05, 3.63) is 66.0 Å². The Morgan fingerprint density at radius 1 is 1.00 bits per heavy atom. The Morgan fingerprint density at radius 3 is 2.41 bits per heavy atom. The predicted octanol–water partition coefficient (Wildman–Crippen LogP) is 3.10. The molecule has 5 nitrogen and oxygen atoms in total. The molecule has 0 saturated carbocycles. The molecule has 1 saturated heterocycles. The molecule has 7 heteroatoms. The average molecular weight is 511 g/mol. The van der Waals surface area contributed by atoms with Crippen LogP contribution in [0.25, 0.3) is 0 Å². The van der Waals surface area contributed by atoms with E-state index in [0.29, 0.717) is 11.6 Å². The van der Waals surface area contributed by atoms with Crippen LogP contribution in [0.15, 0.2) is 59.6 Å². The fraction of sp³-hybridized carbons (Fsp3) is 0.409. The molecule has 0 aliphatic carbocycles. The second-order valence-corrected chi connectivity index (χ2v) is 7.06. The predicted molar refractivity (Wildman–Crippen MR) is 130 cm³/mol. The highest BCUT2D eigenvalue weighted by atomic mass is 127. The number of rotatable bonds is 8. The van der Waals surface area contributed by atoms with Crippen LogP contribution in [0.3, 0.4) is 0 Å². The number of nitrogens with two attached hydrogens (primary N) is 1. The van der Waals surface area contributed by atoms with Gasteiger partial charge in [0, 0.05) is 45.8 Å². The van der Waals surface area contributed by atoms with Crippen molar-refractivity contribution < 1.29 is 4.39 Å². The number of hydrogen-bond donors (Lipinski definition) is 2. The van der Waals surface area contributed by atoms with Gasteiger partial charge in [-0.2, -0.15) is 0 Å². The molecule has 1 fully saturated rings. The van der Waals surface area contributed by atoms with Gasteiger partial charge in [0.05, 0.1) is 5.69 Å². The summed E-state index contributed by atoms with van der Waals surface area (Å²) in [5.74, 6) is 0.376. The monoisotopic (exact) mass is 511 g/mol. The van der Waals surface area contributed by atoms with E-state index >= 15 is 0 Å². The zero-order valence-corrected chi connectivity index (χ0v) is 19.1. The Balaban J connectivity index is 0.00000300. The molecule has 0 bridgehead atoms. The highest BCUT2D eigenvalue weighted by molar-refractivity contribution is 14.0. The highest BCUT2D eigenvalue weighted by Gasteiger charge is 2.18. The summed E-state index contributed by atoms with van der Waals surface area (Å²) in [4.78, 5) is 8.94. The van der Waals surface area contributed by atoms with E-state index in [4.69, 9.17) is 5.73 Å². The van der Waals surface area contributed by atoms with E-state index in [-0.39, 0.29) is 29.8 Å². The quantitative estimate of drug-likeness (QED) is 0.248. The minimum absolute atomic E-state index is 0. The maximum atomic E-state index is 13.9. The number of halogens is 2. The molecule has 0 atom stereocenters. The topological polar surface area (TPSA) is 56.9 Å². The summed E-state index contributed by atoms with van der Waals surface area (Å²) in [5.41, 5.74) is 7.94. The molecule has 0 radical (unpaired) electrons. The van der Waals surface area contributed by atoms with E-state index in [2.05, 4.69) is 32.2 Å². The van der Waals surface area contributed by atoms with E-state index in [1.54, 1.807) is 6.07 Å². The minimum Gasteiger partial charge on any atom is -0.370 e. The number of nitrogens with one attached hydrogen (secondary N) is 1. The lowest BCUT2D eigenvalue weighted by atomic mass is 10.1. The molecule has 3 N–H and O–H groups in total. The summed E-state index contributed by atoms with van der Waals surface area (Å²) in [5, 5.41) is 3.17. The van der Waals surface area contributed by atoms with Gasteiger partial charge < -0.3 is 16.0 Å². The molecule has 0 amide bonds. The molecular formula is C22H31FIN5. The molecular weight excluding hydrogens is 480 g/mol. The molecule has 1 aliphatic rings. The molecule has 29 heavy (non-hydrogen) atoms. The second-order valence-electron chi connectivity index (χ2n) is 7.06. The number of benzene rings is 2. The molecule has 0 unspecified atom stereocenters. The summed E-state index contributed by atoms with van der Waals surface area (Å²) >= 11 is 0. The first-order valence-corrected chi connectivity index (χ1v) is 10.0. The lowest BCUT2D eigenvalue weighted by Crippen LogP contribution is -2.47. The van der Waals surface area contributed by atoms with Gasteiger partial charge in [-0.05, 0) is 30.5 Å². The smallest absolute Gasteiger partial charge is 0.188 e. The first-order chi connectivity index (χ1) is 13.7. The Kier molecular flexibility index (Phi) is 10.2. The lowest BCUT2D eigenvalue weighted by molar-refractivity contribution is 0.256. The number of para-hydroxylation sites is 1. The van der Waals surface area contributed by atoms with Crippen molar-refractivity contribution in [3.8, 4) is 0 Å². The van der Waals surface area contributed by atoms with Crippen molar-refractivity contribution in [2.24, 2.45) is 10.7 Å². The van der Waals surface area contributed by atoms with Crippen LogP contribution in [-0.4, -0.2) is 56.7 Å². The maximum absolute atomic E-state index is 13.9. The van der Waals surface area contributed by atoms with Gasteiger partial charge in [0.2, 0.25) is 0 Å². The number of nitrogens with zero attached hydrogens (tertiary/aromatic N) is 3. The Morgan fingerprint density at radius 2 is 1.69 bits per heavy atom. The molecule has 2 aromatic carbocycles. The molecule has 2 aromatic rings. The molecule has 0 spiro atoms. The van der Waals surface area contributed by atoms with Crippen LogP contribution in [0, 0.1) is 5.82 Å². The van der Waals surface area contributed by atoms with Gasteiger partial charge in [0.15, 0.2) is 5.96 Å². The summed E-state index contributed by atoms with van der Waals surface area (Å²) < 4.78 is 13.9. The van der Waals surface area contributed by atoms with E-state index in [0.717, 1.165) is 58.7 Å². The van der Waals surface area contributed by atoms with Crippen LogP contribution in [0.1, 0.15) is 12.0 Å². The van der Waals surface area contributed by atoms with Crippen molar-refractivity contribution in [2.45, 2.75) is 12.8 Å². The van der Waals surface area contributed by atoms with Gasteiger partial charge in [-0.3, -0.25) is 9.89 Å². The first kappa shape index (κ1) is 23.4. The van der Waals surface area contributed by atoms with Crippen molar-refractivity contribution in [1.82, 2.24) is 10.2 Å². The lowest BCUT2D eigenvalue weighted by Gasteiger charge is -2.36. The first-order valence-electron chi connectivity index (χ1n) is 10.0. The van der Waals surface area contributed by atoms with Gasteiger partial charge in [-0.25, -0.2) is 4.39 Å². The van der Waals surface area contributed by atoms with Gasteiger partial charge in [0.1, 0.15) is 5.82 Å². The van der Waals surface area contributed by atoms with E-state index in [9.17, 15) is 4.39 Å². The third-order valence-corrected chi connectivity index (χ3v) is 5.04. The van der Waals surface area contributed by atoms with E-state index < -0.39 is 0 Å². The standard InChI is InChI=1S/C22H30FN5.HI/c23-20-9-4-5-10-21(20)28-17-15-27(16-18-28)14-6-12-25-22(24)26-13-11-19-7-2-1-3-8-19;/h1-5,7-10H,6,11-18H2,(H3,24,25,26);1H. The van der Waals surface area contributed by atoms with Crippen LogP contribution in [-0.2, 0) is 6.42 Å². The summed E-state index contributed by atoms with van der Waals surface area (Å²) in [7, 11) is 0. The third kappa shape index (κ3) is 7.81. The zero-order chi connectivity index (χ0) is 19.6. The number of piperazine rings is 1. The summed E-state index contributed by atoms with van der Waals surface area (Å²) in [6.07, 6.45) is 1.91. The SMILES string of the molecule is I.NC(=NCCCN1CCN(c2ccccc2F)CC1)NCCc1ccccc1. The van der Waals surface area contributed by atoms with Gasteiger partial charge in [-0.15, -0.1) is 24.0 Å². The van der Waals surface area contributed by atoms with Crippen LogP contribution in [0.2, 0.25) is 0 Å². The van der Waals surface area contributed by atoms with Gasteiger partial charge >= 0.3 is 0 Å². The Labute approximate surface area is 190 Å². The molecule has 0 aromatic heterocycles. The number of anilines is 1. The number of hydrogen-bond acceptors (Lipinski definition) is 3. The summed E-state index contributed by atoms with van der Waals surface area (Å²) in [6.45, 7) is 6.10. The normalized spacial score (nSPS) is 15.1. The fourth-order valence-corrected chi connectivity index (χ4v) is 3.45. The van der Waals surface area contributed by atoms with Crippen molar-refractivity contribution in [1.29, 1.82) is 0 Å².